The lowest BCUT2D eigenvalue weighted by Gasteiger charge is -2.47. The smallest absolute Gasteiger partial charge is 0.410 e. The van der Waals surface area contributed by atoms with E-state index in [0.29, 0.717) is 25.1 Å². The Balaban J connectivity index is 1.16. The number of hydrogen-bond acceptors (Lipinski definition) is 4. The highest BCUT2D eigenvalue weighted by atomic mass is 16.6. The summed E-state index contributed by atoms with van der Waals surface area (Å²) in [5.41, 5.74) is 6.47. The van der Waals surface area contributed by atoms with Gasteiger partial charge >= 0.3 is 6.09 Å². The number of amides is 1. The van der Waals surface area contributed by atoms with Crippen molar-refractivity contribution < 1.29 is 14.3 Å². The van der Waals surface area contributed by atoms with Crippen LogP contribution in [0.5, 0.6) is 0 Å². The third-order valence-corrected chi connectivity index (χ3v) is 8.06. The fourth-order valence-corrected chi connectivity index (χ4v) is 6.38. The number of hydrogen-bond donors (Lipinski definition) is 0. The molecule has 3 aromatic rings. The Bertz CT molecular complexity index is 1210. The number of ether oxygens (including phenoxy) is 1. The van der Waals surface area contributed by atoms with Gasteiger partial charge in [-0.2, -0.15) is 0 Å². The van der Waals surface area contributed by atoms with Crippen molar-refractivity contribution in [2.45, 2.75) is 57.0 Å². The molecule has 0 N–H and O–H groups in total. The van der Waals surface area contributed by atoms with Crippen LogP contribution in [-0.4, -0.2) is 40.5 Å². The number of benzene rings is 2. The zero-order valence-electron chi connectivity index (χ0n) is 20.0. The highest BCUT2D eigenvalue weighted by molar-refractivity contribution is 5.96. The summed E-state index contributed by atoms with van der Waals surface area (Å²) < 4.78 is 6.00. The first-order chi connectivity index (χ1) is 17.1. The molecule has 0 saturated carbocycles. The van der Waals surface area contributed by atoms with Gasteiger partial charge in [0.15, 0.2) is 5.78 Å². The molecule has 0 radical (unpaired) electrons. The second-order valence-electron chi connectivity index (χ2n) is 10.2. The van der Waals surface area contributed by atoms with Gasteiger partial charge in [0.05, 0.1) is 0 Å². The monoisotopic (exact) mass is 466 g/mol. The lowest BCUT2D eigenvalue weighted by atomic mass is 9.76. The van der Waals surface area contributed by atoms with Gasteiger partial charge in [0, 0.05) is 30.1 Å². The number of fused-ring (bicyclic) bond motifs is 5. The summed E-state index contributed by atoms with van der Waals surface area (Å²) >= 11 is 0. The molecule has 2 aliphatic heterocycles. The fraction of sp³-hybridized carbons (Fsp3) is 0.367. The number of nitrogens with zero attached hydrogens (tertiary/aromatic N) is 2. The van der Waals surface area contributed by atoms with Gasteiger partial charge in [-0.3, -0.25) is 9.78 Å². The number of piperidine rings is 2. The minimum absolute atomic E-state index is 0.0533. The molecular weight excluding hydrogens is 436 g/mol. The average Bonchev–Trinajstić information content (AvgIpc) is 3.20. The molecule has 3 aliphatic rings. The molecule has 2 fully saturated rings. The second kappa shape index (κ2) is 8.95. The molecule has 2 unspecified atom stereocenters. The summed E-state index contributed by atoms with van der Waals surface area (Å²) in [6, 6.07) is 20.6. The first-order valence-electron chi connectivity index (χ1n) is 12.7. The first kappa shape index (κ1) is 22.0. The third kappa shape index (κ3) is 3.93. The van der Waals surface area contributed by atoms with E-state index in [1.54, 1.807) is 6.20 Å². The van der Waals surface area contributed by atoms with E-state index in [4.69, 9.17) is 4.74 Å². The maximum Gasteiger partial charge on any atom is 0.410 e. The number of rotatable bonds is 4. The zero-order chi connectivity index (χ0) is 23.9. The van der Waals surface area contributed by atoms with Crippen molar-refractivity contribution in [3.8, 4) is 11.1 Å². The molecule has 1 aromatic heterocycles. The van der Waals surface area contributed by atoms with Gasteiger partial charge in [-0.1, -0.05) is 54.6 Å². The predicted octanol–water partition coefficient (Wildman–Crippen LogP) is 6.15. The summed E-state index contributed by atoms with van der Waals surface area (Å²) in [5, 5.41) is 0. The molecule has 2 atom stereocenters. The topological polar surface area (TPSA) is 59.5 Å². The zero-order valence-corrected chi connectivity index (χ0v) is 20.0. The quantitative estimate of drug-likeness (QED) is 0.433. The molecule has 178 valence electrons. The second-order valence-corrected chi connectivity index (χ2v) is 10.2. The average molecular weight is 467 g/mol. The molecule has 2 aromatic carbocycles. The number of aromatic nitrogens is 1. The highest BCUT2D eigenvalue weighted by Crippen LogP contribution is 2.45. The van der Waals surface area contributed by atoms with Crippen LogP contribution in [0.2, 0.25) is 0 Å². The maximum atomic E-state index is 13.4. The first-order valence-corrected chi connectivity index (χ1v) is 12.7. The van der Waals surface area contributed by atoms with Gasteiger partial charge in [0.2, 0.25) is 0 Å². The van der Waals surface area contributed by atoms with Crippen molar-refractivity contribution in [1.82, 2.24) is 9.88 Å². The van der Waals surface area contributed by atoms with E-state index in [-0.39, 0.29) is 35.8 Å². The Hall–Kier alpha value is -3.47. The van der Waals surface area contributed by atoms with Gasteiger partial charge in [0.1, 0.15) is 12.3 Å². The molecule has 5 nitrogen and oxygen atoms in total. The number of pyridine rings is 1. The normalized spacial score (nSPS) is 22.9. The largest absolute Gasteiger partial charge is 0.448 e. The van der Waals surface area contributed by atoms with Crippen LogP contribution in [0.25, 0.3) is 11.1 Å². The summed E-state index contributed by atoms with van der Waals surface area (Å²) in [6.07, 6.45) is 5.83. The minimum Gasteiger partial charge on any atom is -0.448 e. The molecule has 6 rings (SSSR count). The van der Waals surface area contributed by atoms with Gasteiger partial charge in [-0.15, -0.1) is 0 Å². The molecular formula is C30H30N2O3. The van der Waals surface area contributed by atoms with E-state index in [1.165, 1.54) is 22.3 Å². The summed E-state index contributed by atoms with van der Waals surface area (Å²) in [5.74, 6) is 0.0742. The minimum atomic E-state index is -0.235. The molecule has 5 heteroatoms. The van der Waals surface area contributed by atoms with E-state index in [1.807, 2.05) is 24.0 Å². The van der Waals surface area contributed by atoms with Crippen LogP contribution >= 0.6 is 0 Å². The summed E-state index contributed by atoms with van der Waals surface area (Å²) in [4.78, 5) is 32.8. The van der Waals surface area contributed by atoms with Crippen LogP contribution in [0.15, 0.2) is 66.9 Å². The van der Waals surface area contributed by atoms with Crippen LogP contribution in [0.3, 0.4) is 0 Å². The van der Waals surface area contributed by atoms with Crippen LogP contribution in [0.1, 0.15) is 65.2 Å². The Kier molecular flexibility index (Phi) is 5.63. The van der Waals surface area contributed by atoms with Gasteiger partial charge in [-0.05, 0) is 72.9 Å². The van der Waals surface area contributed by atoms with Gasteiger partial charge in [0.25, 0.3) is 0 Å². The van der Waals surface area contributed by atoms with Crippen molar-refractivity contribution in [2.75, 3.05) is 6.61 Å². The fourth-order valence-electron chi connectivity index (χ4n) is 6.38. The number of aryl methyl sites for hydroxylation is 1. The van der Waals surface area contributed by atoms with Gasteiger partial charge < -0.3 is 9.64 Å². The molecule has 35 heavy (non-hydrogen) atoms. The highest BCUT2D eigenvalue weighted by Gasteiger charge is 2.44. The lowest BCUT2D eigenvalue weighted by molar-refractivity contribution is 0.00641. The van der Waals surface area contributed by atoms with Crippen molar-refractivity contribution >= 4 is 11.9 Å². The molecule has 0 spiro atoms. The molecule has 2 saturated heterocycles. The predicted molar refractivity (Wildman–Crippen MR) is 134 cm³/mol. The number of Topliss-reactive ketones (excluding diaryl/α,β-unsaturated/α-hetero) is 1. The SMILES string of the molecule is Cc1ccc(C(=O)C2CC3CCCC(C2)N3C(=O)OCC2c3ccccc3-c3ccccc32)nc1. The van der Waals surface area contributed by atoms with E-state index in [0.717, 1.165) is 24.8 Å². The standard InChI is InChI=1S/C30H30N2O3/c1-19-13-14-28(31-17-19)29(33)20-15-21-7-6-8-22(16-20)32(21)30(34)35-18-27-25-11-4-2-9-23(25)24-10-3-5-12-26(24)27/h2-5,9-14,17,20-22,27H,6-8,15-16,18H2,1H3. The van der Waals surface area contributed by atoms with Crippen molar-refractivity contribution in [2.24, 2.45) is 5.92 Å². The Labute approximate surface area is 206 Å². The Morgan fingerprint density at radius 3 is 2.14 bits per heavy atom. The molecule has 3 heterocycles. The Morgan fingerprint density at radius 2 is 1.54 bits per heavy atom. The number of ketones is 1. The summed E-state index contributed by atoms with van der Waals surface area (Å²) in [7, 11) is 0. The van der Waals surface area contributed by atoms with Crippen LogP contribution in [-0.2, 0) is 4.74 Å². The van der Waals surface area contributed by atoms with E-state index < -0.39 is 0 Å². The lowest BCUT2D eigenvalue weighted by Crippen LogP contribution is -2.56. The number of carbonyl (C=O) groups excluding carboxylic acids is 2. The van der Waals surface area contributed by atoms with Gasteiger partial charge in [-0.25, -0.2) is 4.79 Å². The number of carbonyl (C=O) groups is 2. The summed E-state index contributed by atoms with van der Waals surface area (Å²) in [6.45, 7) is 2.30. The van der Waals surface area contributed by atoms with E-state index >= 15 is 0 Å². The van der Waals surface area contributed by atoms with Crippen molar-refractivity contribution in [3.63, 3.8) is 0 Å². The van der Waals surface area contributed by atoms with Crippen molar-refractivity contribution in [1.29, 1.82) is 0 Å². The Morgan fingerprint density at radius 1 is 0.914 bits per heavy atom. The molecule has 1 amide bonds. The molecule has 1 aliphatic carbocycles. The van der Waals surface area contributed by atoms with Crippen LogP contribution in [0, 0.1) is 12.8 Å². The third-order valence-electron chi connectivity index (χ3n) is 8.06. The van der Waals surface area contributed by atoms with Crippen LogP contribution < -0.4 is 0 Å². The van der Waals surface area contributed by atoms with E-state index in [2.05, 4.69) is 53.5 Å². The maximum absolute atomic E-state index is 13.4. The van der Waals surface area contributed by atoms with Crippen molar-refractivity contribution in [3.05, 3.63) is 89.2 Å². The van der Waals surface area contributed by atoms with E-state index in [9.17, 15) is 9.59 Å². The molecule has 2 bridgehead atoms. The van der Waals surface area contributed by atoms with Crippen LogP contribution in [0.4, 0.5) is 4.79 Å².